The van der Waals surface area contributed by atoms with Crippen molar-refractivity contribution in [3.63, 3.8) is 0 Å². The summed E-state index contributed by atoms with van der Waals surface area (Å²) in [5.41, 5.74) is 5.20. The van der Waals surface area contributed by atoms with Crippen LogP contribution < -0.4 is 5.73 Å². The standard InChI is InChI=1S/C7H14N2O3/c8-7(9-10)5-12-4-6-1-2-11-3-6/h6,10H,1-5H2,(H2,8,9)/t6-/m0/s1. The Morgan fingerprint density at radius 1 is 1.75 bits per heavy atom. The van der Waals surface area contributed by atoms with Crippen LogP contribution in [0.3, 0.4) is 0 Å². The lowest BCUT2D eigenvalue weighted by atomic mass is 10.1. The number of hydrogen-bond donors (Lipinski definition) is 2. The van der Waals surface area contributed by atoms with Gasteiger partial charge in [0.2, 0.25) is 0 Å². The Kier molecular flexibility index (Phi) is 3.83. The van der Waals surface area contributed by atoms with E-state index in [0.717, 1.165) is 19.6 Å². The quantitative estimate of drug-likeness (QED) is 0.267. The van der Waals surface area contributed by atoms with Crippen LogP contribution in [0.25, 0.3) is 0 Å². The maximum absolute atomic E-state index is 8.19. The molecule has 12 heavy (non-hydrogen) atoms. The molecule has 1 fully saturated rings. The van der Waals surface area contributed by atoms with Crippen LogP contribution in [0.15, 0.2) is 5.16 Å². The van der Waals surface area contributed by atoms with E-state index in [1.807, 2.05) is 0 Å². The Bertz CT molecular complexity index is 155. The minimum absolute atomic E-state index is 0.105. The molecule has 1 aliphatic heterocycles. The van der Waals surface area contributed by atoms with Gasteiger partial charge in [-0.1, -0.05) is 5.16 Å². The van der Waals surface area contributed by atoms with Crippen LogP contribution in [0.2, 0.25) is 0 Å². The van der Waals surface area contributed by atoms with Crippen LogP contribution in [0.1, 0.15) is 6.42 Å². The third-order valence-corrected chi connectivity index (χ3v) is 1.76. The van der Waals surface area contributed by atoms with E-state index in [4.69, 9.17) is 20.4 Å². The third-order valence-electron chi connectivity index (χ3n) is 1.76. The molecule has 0 radical (unpaired) electrons. The van der Waals surface area contributed by atoms with Crippen molar-refractivity contribution in [3.05, 3.63) is 0 Å². The molecule has 3 N–H and O–H groups in total. The third kappa shape index (κ3) is 3.06. The molecule has 0 bridgehead atoms. The Hall–Kier alpha value is -0.810. The molecule has 1 atom stereocenters. The summed E-state index contributed by atoms with van der Waals surface area (Å²) in [6, 6.07) is 0. The van der Waals surface area contributed by atoms with Gasteiger partial charge in [-0.25, -0.2) is 0 Å². The molecular formula is C7H14N2O3. The molecule has 1 rings (SSSR count). The molecule has 5 nitrogen and oxygen atoms in total. The molecule has 1 heterocycles. The highest BCUT2D eigenvalue weighted by atomic mass is 16.5. The van der Waals surface area contributed by atoms with Crippen molar-refractivity contribution in [1.82, 2.24) is 0 Å². The maximum atomic E-state index is 8.19. The van der Waals surface area contributed by atoms with Crippen LogP contribution in [0.4, 0.5) is 0 Å². The van der Waals surface area contributed by atoms with Gasteiger partial charge in [-0.2, -0.15) is 0 Å². The Balaban J connectivity index is 2.01. The van der Waals surface area contributed by atoms with Crippen LogP contribution in [0.5, 0.6) is 0 Å². The SMILES string of the molecule is N/C(COC[C@H]1CCOC1)=N\O. The minimum Gasteiger partial charge on any atom is -0.409 e. The molecule has 0 aliphatic carbocycles. The highest BCUT2D eigenvalue weighted by molar-refractivity contribution is 5.80. The molecule has 5 heteroatoms. The molecule has 0 aromatic rings. The lowest BCUT2D eigenvalue weighted by Crippen LogP contribution is -2.21. The highest BCUT2D eigenvalue weighted by Gasteiger charge is 2.15. The van der Waals surface area contributed by atoms with Crippen molar-refractivity contribution < 1.29 is 14.7 Å². The number of nitrogens with two attached hydrogens (primary N) is 1. The molecular weight excluding hydrogens is 160 g/mol. The topological polar surface area (TPSA) is 77.1 Å². The fourth-order valence-electron chi connectivity index (χ4n) is 1.07. The summed E-state index contributed by atoms with van der Waals surface area (Å²) in [4.78, 5) is 0. The summed E-state index contributed by atoms with van der Waals surface area (Å²) in [5.74, 6) is 0.574. The van der Waals surface area contributed by atoms with Crippen molar-refractivity contribution in [3.8, 4) is 0 Å². The molecule has 1 saturated heterocycles. The zero-order chi connectivity index (χ0) is 8.81. The maximum Gasteiger partial charge on any atom is 0.165 e. The van der Waals surface area contributed by atoms with Crippen molar-refractivity contribution in [1.29, 1.82) is 0 Å². The zero-order valence-corrected chi connectivity index (χ0v) is 6.90. The summed E-state index contributed by atoms with van der Waals surface area (Å²) >= 11 is 0. The van der Waals surface area contributed by atoms with Gasteiger partial charge in [0.05, 0.1) is 13.2 Å². The van der Waals surface area contributed by atoms with E-state index in [0.29, 0.717) is 12.5 Å². The molecule has 0 aromatic heterocycles. The van der Waals surface area contributed by atoms with E-state index in [9.17, 15) is 0 Å². The molecule has 0 spiro atoms. The first-order chi connectivity index (χ1) is 5.83. The molecule has 0 saturated carbocycles. The van der Waals surface area contributed by atoms with Crippen molar-refractivity contribution in [2.24, 2.45) is 16.8 Å². The number of nitrogens with zero attached hydrogens (tertiary/aromatic N) is 1. The van der Waals surface area contributed by atoms with E-state index < -0.39 is 0 Å². The summed E-state index contributed by atoms with van der Waals surface area (Å²) in [5, 5.41) is 11.0. The zero-order valence-electron chi connectivity index (χ0n) is 6.90. The lowest BCUT2D eigenvalue weighted by Gasteiger charge is -2.07. The number of oxime groups is 1. The average molecular weight is 174 g/mol. The molecule has 0 amide bonds. The Morgan fingerprint density at radius 3 is 3.17 bits per heavy atom. The second-order valence-corrected chi connectivity index (χ2v) is 2.84. The van der Waals surface area contributed by atoms with Crippen molar-refractivity contribution in [2.45, 2.75) is 6.42 Å². The molecule has 0 aromatic carbocycles. The van der Waals surface area contributed by atoms with E-state index in [-0.39, 0.29) is 12.4 Å². The minimum atomic E-state index is 0.105. The fraction of sp³-hybridized carbons (Fsp3) is 0.857. The summed E-state index contributed by atoms with van der Waals surface area (Å²) < 4.78 is 10.3. The van der Waals surface area contributed by atoms with Crippen molar-refractivity contribution in [2.75, 3.05) is 26.4 Å². The number of hydrogen-bond acceptors (Lipinski definition) is 4. The lowest BCUT2D eigenvalue weighted by molar-refractivity contribution is 0.112. The van der Waals surface area contributed by atoms with Gasteiger partial charge in [-0.15, -0.1) is 0 Å². The normalized spacial score (nSPS) is 24.7. The Labute approximate surface area is 71.1 Å². The van der Waals surface area contributed by atoms with E-state index >= 15 is 0 Å². The number of ether oxygens (including phenoxy) is 2. The predicted octanol–water partition coefficient (Wildman–Crippen LogP) is -0.214. The smallest absolute Gasteiger partial charge is 0.165 e. The van der Waals surface area contributed by atoms with E-state index in [1.54, 1.807) is 0 Å². The highest BCUT2D eigenvalue weighted by Crippen LogP contribution is 2.11. The van der Waals surface area contributed by atoms with Gasteiger partial charge in [-0.3, -0.25) is 0 Å². The van der Waals surface area contributed by atoms with Crippen molar-refractivity contribution >= 4 is 5.84 Å². The van der Waals surface area contributed by atoms with E-state index in [1.165, 1.54) is 0 Å². The van der Waals surface area contributed by atoms with Crippen LogP contribution in [-0.2, 0) is 9.47 Å². The van der Waals surface area contributed by atoms with Gasteiger partial charge >= 0.3 is 0 Å². The second-order valence-electron chi connectivity index (χ2n) is 2.84. The van der Waals surface area contributed by atoms with Gasteiger partial charge in [0.1, 0.15) is 6.61 Å². The first-order valence-electron chi connectivity index (χ1n) is 3.95. The first kappa shape index (κ1) is 9.28. The van der Waals surface area contributed by atoms with Gasteiger partial charge < -0.3 is 20.4 Å². The van der Waals surface area contributed by atoms with Crippen LogP contribution in [0, 0.1) is 5.92 Å². The number of amidine groups is 1. The Morgan fingerprint density at radius 2 is 2.58 bits per heavy atom. The second kappa shape index (κ2) is 4.95. The fourth-order valence-corrected chi connectivity index (χ4v) is 1.07. The number of rotatable bonds is 4. The van der Waals surface area contributed by atoms with Crippen LogP contribution in [-0.4, -0.2) is 37.5 Å². The predicted molar refractivity (Wildman–Crippen MR) is 43.2 cm³/mol. The summed E-state index contributed by atoms with van der Waals surface area (Å²) in [6.45, 7) is 2.39. The van der Waals surface area contributed by atoms with Gasteiger partial charge in [0.15, 0.2) is 5.84 Å². The molecule has 70 valence electrons. The van der Waals surface area contributed by atoms with Gasteiger partial charge in [0, 0.05) is 12.5 Å². The van der Waals surface area contributed by atoms with Gasteiger partial charge in [0.25, 0.3) is 0 Å². The van der Waals surface area contributed by atoms with Gasteiger partial charge in [-0.05, 0) is 6.42 Å². The van der Waals surface area contributed by atoms with Crippen LogP contribution >= 0.6 is 0 Å². The first-order valence-corrected chi connectivity index (χ1v) is 3.95. The largest absolute Gasteiger partial charge is 0.409 e. The summed E-state index contributed by atoms with van der Waals surface area (Å²) in [7, 11) is 0. The average Bonchev–Trinajstić information content (AvgIpc) is 2.57. The monoisotopic (exact) mass is 174 g/mol. The summed E-state index contributed by atoms with van der Waals surface area (Å²) in [6.07, 6.45) is 1.04. The van der Waals surface area contributed by atoms with E-state index in [2.05, 4.69) is 5.16 Å². The molecule has 1 aliphatic rings. The molecule has 0 unspecified atom stereocenters.